The normalized spacial score (nSPS) is 10.5. The molecule has 2 aromatic carbocycles. The lowest BCUT2D eigenvalue weighted by Gasteiger charge is -2.13. The van der Waals surface area contributed by atoms with Crippen molar-refractivity contribution in [1.29, 1.82) is 0 Å². The zero-order valence-electron chi connectivity index (χ0n) is 12.5. The third-order valence-electron chi connectivity index (χ3n) is 2.90. The maximum absolute atomic E-state index is 5.89. The van der Waals surface area contributed by atoms with E-state index < -0.39 is 0 Å². The molecule has 5 nitrogen and oxygen atoms in total. The first kappa shape index (κ1) is 17.1. The Bertz CT molecular complexity index is 705. The monoisotopic (exact) mass is 349 g/mol. The van der Waals surface area contributed by atoms with Crippen molar-refractivity contribution in [2.75, 3.05) is 7.11 Å². The molecule has 0 heterocycles. The molecule has 7 heteroatoms. The van der Waals surface area contributed by atoms with Gasteiger partial charge in [0.1, 0.15) is 6.61 Å². The molecular weight excluding hydrogens is 334 g/mol. The van der Waals surface area contributed by atoms with Crippen LogP contribution in [0.2, 0.25) is 5.02 Å². The smallest absolute Gasteiger partial charge is 0.184 e. The Morgan fingerprint density at radius 2 is 2.04 bits per heavy atom. The van der Waals surface area contributed by atoms with Crippen LogP contribution in [0.5, 0.6) is 11.5 Å². The molecule has 23 heavy (non-hydrogen) atoms. The molecule has 120 valence electrons. The molecule has 0 aromatic heterocycles. The van der Waals surface area contributed by atoms with Gasteiger partial charge in [0.2, 0.25) is 0 Å². The van der Waals surface area contributed by atoms with Gasteiger partial charge in [0.25, 0.3) is 0 Å². The van der Waals surface area contributed by atoms with Crippen LogP contribution in [0.25, 0.3) is 0 Å². The summed E-state index contributed by atoms with van der Waals surface area (Å²) < 4.78 is 11.2. The number of nitrogens with two attached hydrogens (primary N) is 1. The van der Waals surface area contributed by atoms with Crippen molar-refractivity contribution in [3.05, 3.63) is 58.6 Å². The number of methoxy groups -OCH3 is 1. The van der Waals surface area contributed by atoms with Gasteiger partial charge in [0, 0.05) is 10.6 Å². The maximum atomic E-state index is 5.89. The van der Waals surface area contributed by atoms with E-state index >= 15 is 0 Å². The van der Waals surface area contributed by atoms with Crippen molar-refractivity contribution >= 4 is 35.1 Å². The molecule has 0 fully saturated rings. The van der Waals surface area contributed by atoms with Gasteiger partial charge < -0.3 is 15.2 Å². The number of benzene rings is 2. The summed E-state index contributed by atoms with van der Waals surface area (Å²) in [5.41, 5.74) is 9.57. The minimum Gasteiger partial charge on any atom is -0.493 e. The second-order valence-corrected chi connectivity index (χ2v) is 5.40. The van der Waals surface area contributed by atoms with Crippen molar-refractivity contribution in [3.63, 3.8) is 0 Å². The Hall–Kier alpha value is -2.31. The fourth-order valence-corrected chi connectivity index (χ4v) is 2.03. The highest BCUT2D eigenvalue weighted by molar-refractivity contribution is 7.80. The molecule has 0 saturated carbocycles. The van der Waals surface area contributed by atoms with Crippen molar-refractivity contribution in [3.8, 4) is 11.5 Å². The summed E-state index contributed by atoms with van der Waals surface area (Å²) in [7, 11) is 1.58. The van der Waals surface area contributed by atoms with E-state index in [0.29, 0.717) is 23.1 Å². The molecule has 0 aliphatic carbocycles. The quantitative estimate of drug-likeness (QED) is 0.476. The molecule has 3 N–H and O–H groups in total. The van der Waals surface area contributed by atoms with Gasteiger partial charge in [-0.1, -0.05) is 29.8 Å². The summed E-state index contributed by atoms with van der Waals surface area (Å²) in [5.74, 6) is 1.19. The molecule has 0 unspecified atom stereocenters. The Morgan fingerprint density at radius 3 is 2.70 bits per heavy atom. The van der Waals surface area contributed by atoms with Gasteiger partial charge in [-0.3, -0.25) is 5.43 Å². The summed E-state index contributed by atoms with van der Waals surface area (Å²) in [6.45, 7) is 0.376. The van der Waals surface area contributed by atoms with Gasteiger partial charge in [-0.25, -0.2) is 0 Å². The van der Waals surface area contributed by atoms with Gasteiger partial charge in [0.15, 0.2) is 16.6 Å². The number of nitrogens with zero attached hydrogens (tertiary/aromatic N) is 1. The Kier molecular flexibility index (Phi) is 6.19. The first-order chi connectivity index (χ1) is 11.1. The van der Waals surface area contributed by atoms with E-state index in [1.54, 1.807) is 13.3 Å². The summed E-state index contributed by atoms with van der Waals surface area (Å²) in [6.07, 6.45) is 1.57. The first-order valence-electron chi connectivity index (χ1n) is 6.73. The molecule has 0 aliphatic rings. The third kappa shape index (κ3) is 5.12. The van der Waals surface area contributed by atoms with Gasteiger partial charge in [-0.2, -0.15) is 5.10 Å². The van der Waals surface area contributed by atoms with Crippen molar-refractivity contribution in [2.24, 2.45) is 10.8 Å². The predicted molar refractivity (Wildman–Crippen MR) is 96.3 cm³/mol. The predicted octanol–water partition coefficient (Wildman–Crippen LogP) is 3.09. The van der Waals surface area contributed by atoms with Gasteiger partial charge >= 0.3 is 0 Å². The lowest BCUT2D eigenvalue weighted by Crippen LogP contribution is -2.24. The highest BCUT2D eigenvalue weighted by atomic mass is 35.5. The SMILES string of the molecule is COc1cccc(/C=N\NC(N)=S)c1OCc1ccc(Cl)cc1. The molecule has 0 radical (unpaired) electrons. The molecule has 2 rings (SSSR count). The first-order valence-corrected chi connectivity index (χ1v) is 7.51. The fourth-order valence-electron chi connectivity index (χ4n) is 1.85. The number of para-hydroxylation sites is 1. The Morgan fingerprint density at radius 1 is 1.30 bits per heavy atom. The Labute approximate surface area is 145 Å². The molecule has 0 atom stereocenters. The van der Waals surface area contributed by atoms with E-state index in [9.17, 15) is 0 Å². The average Bonchev–Trinajstić information content (AvgIpc) is 2.54. The topological polar surface area (TPSA) is 68.9 Å². The van der Waals surface area contributed by atoms with E-state index in [1.165, 1.54) is 0 Å². The molecule has 0 spiro atoms. The largest absolute Gasteiger partial charge is 0.493 e. The number of hydrogen-bond acceptors (Lipinski definition) is 4. The molecule has 2 aromatic rings. The minimum absolute atomic E-state index is 0.0905. The summed E-state index contributed by atoms with van der Waals surface area (Å²) in [6, 6.07) is 12.9. The van der Waals surface area contributed by atoms with Crippen LogP contribution in [0.4, 0.5) is 0 Å². The number of nitrogens with one attached hydrogen (secondary N) is 1. The lowest BCUT2D eigenvalue weighted by molar-refractivity contribution is 0.284. The highest BCUT2D eigenvalue weighted by Crippen LogP contribution is 2.30. The van der Waals surface area contributed by atoms with Gasteiger partial charge in [-0.15, -0.1) is 0 Å². The van der Waals surface area contributed by atoms with Crippen LogP contribution in [0.3, 0.4) is 0 Å². The van der Waals surface area contributed by atoms with Crippen LogP contribution in [-0.4, -0.2) is 18.4 Å². The van der Waals surface area contributed by atoms with Crippen molar-refractivity contribution in [1.82, 2.24) is 5.43 Å². The minimum atomic E-state index is 0.0905. The number of rotatable bonds is 6. The number of halogens is 1. The van der Waals surface area contributed by atoms with Crippen LogP contribution >= 0.6 is 23.8 Å². The standard InChI is InChI=1S/C16H16ClN3O2S/c1-21-14-4-2-3-12(9-19-20-16(18)23)15(14)22-10-11-5-7-13(17)8-6-11/h2-9H,10H2,1H3,(H3,18,20,23)/b19-9-. The number of hydrogen-bond donors (Lipinski definition) is 2. The summed E-state index contributed by atoms with van der Waals surface area (Å²) in [5, 5.41) is 4.72. The average molecular weight is 350 g/mol. The zero-order chi connectivity index (χ0) is 16.7. The molecule has 0 amide bonds. The number of ether oxygens (including phenoxy) is 2. The van der Waals surface area contributed by atoms with Crippen LogP contribution in [-0.2, 0) is 6.61 Å². The van der Waals surface area contributed by atoms with Crippen LogP contribution in [0.15, 0.2) is 47.6 Å². The summed E-state index contributed by atoms with van der Waals surface area (Å²) >= 11 is 10.6. The third-order valence-corrected chi connectivity index (χ3v) is 3.25. The highest BCUT2D eigenvalue weighted by Gasteiger charge is 2.09. The van der Waals surface area contributed by atoms with Crippen LogP contribution in [0.1, 0.15) is 11.1 Å². The summed E-state index contributed by atoms with van der Waals surface area (Å²) in [4.78, 5) is 0. The molecular formula is C16H16ClN3O2S. The van der Waals surface area contributed by atoms with Crippen molar-refractivity contribution in [2.45, 2.75) is 6.61 Å². The van der Waals surface area contributed by atoms with Gasteiger partial charge in [0.05, 0.1) is 13.3 Å². The number of thiocarbonyl (C=S) groups is 1. The zero-order valence-corrected chi connectivity index (χ0v) is 14.0. The van der Waals surface area contributed by atoms with Gasteiger partial charge in [-0.05, 0) is 42.0 Å². The van der Waals surface area contributed by atoms with Crippen LogP contribution in [0, 0.1) is 0 Å². The van der Waals surface area contributed by atoms with E-state index in [1.807, 2.05) is 42.5 Å². The second kappa shape index (κ2) is 8.36. The Balaban J connectivity index is 2.19. The second-order valence-electron chi connectivity index (χ2n) is 4.53. The van der Waals surface area contributed by atoms with E-state index in [2.05, 4.69) is 10.5 Å². The van der Waals surface area contributed by atoms with Crippen molar-refractivity contribution < 1.29 is 9.47 Å². The van der Waals surface area contributed by atoms with E-state index in [0.717, 1.165) is 11.1 Å². The molecule has 0 saturated heterocycles. The van der Waals surface area contributed by atoms with Crippen LogP contribution < -0.4 is 20.6 Å². The molecule has 0 bridgehead atoms. The van der Waals surface area contributed by atoms with E-state index in [4.69, 9.17) is 39.0 Å². The maximum Gasteiger partial charge on any atom is 0.184 e. The lowest BCUT2D eigenvalue weighted by atomic mass is 10.2. The molecule has 0 aliphatic heterocycles. The van der Waals surface area contributed by atoms with E-state index in [-0.39, 0.29) is 5.11 Å². The number of hydrazone groups is 1. The fraction of sp³-hybridized carbons (Fsp3) is 0.125.